The molecule has 0 radical (unpaired) electrons. The first-order valence-corrected chi connectivity index (χ1v) is 6.23. The highest BCUT2D eigenvalue weighted by molar-refractivity contribution is 7.98. The van der Waals surface area contributed by atoms with E-state index in [0.29, 0.717) is 0 Å². The molecule has 15 heavy (non-hydrogen) atoms. The van der Waals surface area contributed by atoms with Crippen LogP contribution in [-0.2, 0) is 0 Å². The number of anilines is 1. The summed E-state index contributed by atoms with van der Waals surface area (Å²) in [6.45, 7) is 0.868. The lowest BCUT2D eigenvalue weighted by molar-refractivity contribution is 0.386. The summed E-state index contributed by atoms with van der Waals surface area (Å²) >= 11 is 1.81. The Bertz CT molecular complexity index is 307. The van der Waals surface area contributed by atoms with Crippen LogP contribution in [-0.4, -0.2) is 25.7 Å². The quantitative estimate of drug-likeness (QED) is 0.758. The van der Waals surface area contributed by atoms with Crippen LogP contribution in [0.1, 0.15) is 6.42 Å². The maximum Gasteiger partial charge on any atom is 0.167 e. The molecule has 0 saturated heterocycles. The van der Waals surface area contributed by atoms with Crippen LogP contribution >= 0.6 is 11.8 Å². The van der Waals surface area contributed by atoms with Crippen molar-refractivity contribution < 1.29 is 9.13 Å². The molecule has 84 valence electrons. The smallest absolute Gasteiger partial charge is 0.167 e. The van der Waals surface area contributed by atoms with Gasteiger partial charge < -0.3 is 10.1 Å². The lowest BCUT2D eigenvalue weighted by atomic mass is 10.3. The van der Waals surface area contributed by atoms with Gasteiger partial charge in [-0.15, -0.1) is 0 Å². The molecule has 0 unspecified atom stereocenters. The molecule has 0 saturated carbocycles. The van der Waals surface area contributed by atoms with Gasteiger partial charge in [-0.3, -0.25) is 0 Å². The predicted octanol–water partition coefficient (Wildman–Crippen LogP) is 3.00. The van der Waals surface area contributed by atoms with E-state index >= 15 is 0 Å². The average Bonchev–Trinajstić information content (AvgIpc) is 2.25. The molecule has 0 aromatic heterocycles. The van der Waals surface area contributed by atoms with E-state index in [4.69, 9.17) is 4.74 Å². The minimum Gasteiger partial charge on any atom is -0.494 e. The molecule has 1 aromatic rings. The second kappa shape index (κ2) is 6.56. The van der Waals surface area contributed by atoms with Crippen LogP contribution in [0.2, 0.25) is 0 Å². The van der Waals surface area contributed by atoms with Crippen LogP contribution < -0.4 is 10.1 Å². The van der Waals surface area contributed by atoms with Gasteiger partial charge in [-0.25, -0.2) is 4.39 Å². The van der Waals surface area contributed by atoms with Crippen molar-refractivity contribution in [1.82, 2.24) is 0 Å². The summed E-state index contributed by atoms with van der Waals surface area (Å²) in [7, 11) is 1.46. The monoisotopic (exact) mass is 229 g/mol. The van der Waals surface area contributed by atoms with Gasteiger partial charge in [0.2, 0.25) is 0 Å². The van der Waals surface area contributed by atoms with Crippen molar-refractivity contribution >= 4 is 17.4 Å². The topological polar surface area (TPSA) is 21.3 Å². The number of hydrogen-bond acceptors (Lipinski definition) is 3. The fourth-order valence-corrected chi connectivity index (χ4v) is 1.66. The number of halogens is 1. The minimum atomic E-state index is -0.327. The Morgan fingerprint density at radius 2 is 2.27 bits per heavy atom. The van der Waals surface area contributed by atoms with Crippen LogP contribution in [0.25, 0.3) is 0 Å². The zero-order valence-corrected chi connectivity index (χ0v) is 9.86. The average molecular weight is 229 g/mol. The first-order chi connectivity index (χ1) is 7.27. The number of methoxy groups -OCH3 is 1. The summed E-state index contributed by atoms with van der Waals surface area (Å²) < 4.78 is 18.1. The fraction of sp³-hybridized carbons (Fsp3) is 0.455. The highest BCUT2D eigenvalue weighted by Gasteiger charge is 2.02. The standard InChI is InChI=1S/C11H16FNOS/c1-14-11-5-4-9(8-10(11)12)13-6-3-7-15-2/h4-5,8,13H,3,6-7H2,1-2H3. The summed E-state index contributed by atoms with van der Waals surface area (Å²) in [6.07, 6.45) is 3.15. The van der Waals surface area contributed by atoms with Gasteiger partial charge in [0.25, 0.3) is 0 Å². The zero-order chi connectivity index (χ0) is 11.1. The molecule has 0 aliphatic rings. The van der Waals surface area contributed by atoms with Crippen molar-refractivity contribution in [2.45, 2.75) is 6.42 Å². The molecule has 0 aliphatic heterocycles. The molecule has 1 rings (SSSR count). The Morgan fingerprint density at radius 3 is 2.87 bits per heavy atom. The second-order valence-electron chi connectivity index (χ2n) is 3.12. The number of thioether (sulfide) groups is 1. The zero-order valence-electron chi connectivity index (χ0n) is 9.05. The molecule has 1 aromatic carbocycles. The van der Waals surface area contributed by atoms with E-state index in [2.05, 4.69) is 11.6 Å². The molecule has 2 nitrogen and oxygen atoms in total. The van der Waals surface area contributed by atoms with Crippen molar-refractivity contribution in [2.75, 3.05) is 31.0 Å². The summed E-state index contributed by atoms with van der Waals surface area (Å²) in [5, 5.41) is 3.16. The van der Waals surface area contributed by atoms with Gasteiger partial charge in [0, 0.05) is 18.3 Å². The summed E-state index contributed by atoms with van der Waals surface area (Å²) in [5.41, 5.74) is 0.800. The Hall–Kier alpha value is -0.900. The Kier molecular flexibility index (Phi) is 5.32. The van der Waals surface area contributed by atoms with E-state index in [-0.39, 0.29) is 11.6 Å². The van der Waals surface area contributed by atoms with Crippen LogP contribution in [0, 0.1) is 5.82 Å². The van der Waals surface area contributed by atoms with Crippen molar-refractivity contribution in [1.29, 1.82) is 0 Å². The molecule has 0 heterocycles. The molecular formula is C11H16FNOS. The molecule has 1 N–H and O–H groups in total. The maximum atomic E-state index is 13.3. The normalized spacial score (nSPS) is 10.1. The van der Waals surface area contributed by atoms with Crippen molar-refractivity contribution in [2.24, 2.45) is 0 Å². The van der Waals surface area contributed by atoms with E-state index in [9.17, 15) is 4.39 Å². The molecule has 0 atom stereocenters. The number of nitrogens with one attached hydrogen (secondary N) is 1. The predicted molar refractivity (Wildman–Crippen MR) is 64.4 cm³/mol. The Labute approximate surface area is 94.2 Å². The lowest BCUT2D eigenvalue weighted by Crippen LogP contribution is -2.03. The summed E-state index contributed by atoms with van der Waals surface area (Å²) in [5.74, 6) is 1.07. The van der Waals surface area contributed by atoms with Crippen LogP contribution in [0.5, 0.6) is 5.75 Å². The molecular weight excluding hydrogens is 213 g/mol. The van der Waals surface area contributed by atoms with Gasteiger partial charge in [-0.05, 0) is 30.6 Å². The van der Waals surface area contributed by atoms with Gasteiger partial charge in [0.1, 0.15) is 0 Å². The molecule has 0 spiro atoms. The Balaban J connectivity index is 2.45. The largest absolute Gasteiger partial charge is 0.494 e. The third-order valence-corrected chi connectivity index (χ3v) is 2.70. The van der Waals surface area contributed by atoms with Gasteiger partial charge in [0.05, 0.1) is 7.11 Å². The Morgan fingerprint density at radius 1 is 1.47 bits per heavy atom. The lowest BCUT2D eigenvalue weighted by Gasteiger charge is -2.07. The maximum absolute atomic E-state index is 13.3. The third-order valence-electron chi connectivity index (χ3n) is 2.01. The van der Waals surface area contributed by atoms with Gasteiger partial charge >= 0.3 is 0 Å². The van der Waals surface area contributed by atoms with Gasteiger partial charge in [0.15, 0.2) is 11.6 Å². The SMILES string of the molecule is COc1ccc(NCCCSC)cc1F. The van der Waals surface area contributed by atoms with E-state index < -0.39 is 0 Å². The number of hydrogen-bond donors (Lipinski definition) is 1. The van der Waals surface area contributed by atoms with E-state index in [1.165, 1.54) is 13.2 Å². The molecule has 4 heteroatoms. The number of ether oxygens (including phenoxy) is 1. The third kappa shape index (κ3) is 4.00. The molecule has 0 bridgehead atoms. The van der Waals surface area contributed by atoms with E-state index in [1.807, 2.05) is 17.8 Å². The first kappa shape index (κ1) is 12.2. The van der Waals surface area contributed by atoms with E-state index in [1.54, 1.807) is 6.07 Å². The van der Waals surface area contributed by atoms with Crippen molar-refractivity contribution in [3.8, 4) is 5.75 Å². The number of rotatable bonds is 6. The first-order valence-electron chi connectivity index (χ1n) is 4.84. The molecule has 0 fully saturated rings. The van der Waals surface area contributed by atoms with Gasteiger partial charge in [-0.1, -0.05) is 0 Å². The van der Waals surface area contributed by atoms with Crippen molar-refractivity contribution in [3.63, 3.8) is 0 Å². The highest BCUT2D eigenvalue weighted by Crippen LogP contribution is 2.20. The van der Waals surface area contributed by atoms with E-state index in [0.717, 1.165) is 24.4 Å². The number of benzene rings is 1. The highest BCUT2D eigenvalue weighted by atomic mass is 32.2. The van der Waals surface area contributed by atoms with Crippen molar-refractivity contribution in [3.05, 3.63) is 24.0 Å². The summed E-state index contributed by atoms with van der Waals surface area (Å²) in [4.78, 5) is 0. The molecule has 0 aliphatic carbocycles. The van der Waals surface area contributed by atoms with Crippen LogP contribution in [0.4, 0.5) is 10.1 Å². The minimum absolute atomic E-state index is 0.282. The van der Waals surface area contributed by atoms with Crippen LogP contribution in [0.15, 0.2) is 18.2 Å². The summed E-state index contributed by atoms with van der Waals surface area (Å²) in [6, 6.07) is 4.91. The van der Waals surface area contributed by atoms with Crippen LogP contribution in [0.3, 0.4) is 0 Å². The van der Waals surface area contributed by atoms with Gasteiger partial charge in [-0.2, -0.15) is 11.8 Å². The molecule has 0 amide bonds. The second-order valence-corrected chi connectivity index (χ2v) is 4.11. The fourth-order valence-electron chi connectivity index (χ4n) is 1.23.